The van der Waals surface area contributed by atoms with Crippen molar-refractivity contribution in [2.45, 2.75) is 31.6 Å². The summed E-state index contributed by atoms with van der Waals surface area (Å²) in [4.78, 5) is 0. The summed E-state index contributed by atoms with van der Waals surface area (Å²) in [5, 5.41) is 0. The zero-order valence-corrected chi connectivity index (χ0v) is 11.3. The van der Waals surface area contributed by atoms with Crippen molar-refractivity contribution in [2.24, 2.45) is 5.92 Å². The van der Waals surface area contributed by atoms with E-state index in [0.29, 0.717) is 5.92 Å². The Morgan fingerprint density at radius 2 is 1.94 bits per heavy atom. The first-order valence-electron chi connectivity index (χ1n) is 6.93. The maximum Gasteiger partial charge on any atom is 0.0469 e. The van der Waals surface area contributed by atoms with E-state index in [1.54, 1.807) is 0 Å². The van der Waals surface area contributed by atoms with Crippen molar-refractivity contribution in [1.29, 1.82) is 0 Å². The van der Waals surface area contributed by atoms with Crippen molar-refractivity contribution in [3.8, 4) is 0 Å². The van der Waals surface area contributed by atoms with Crippen LogP contribution in [0.25, 0.3) is 0 Å². The van der Waals surface area contributed by atoms with Gasteiger partial charge in [-0.2, -0.15) is 0 Å². The molecule has 1 unspecified atom stereocenters. The van der Waals surface area contributed by atoms with Gasteiger partial charge in [0.05, 0.1) is 0 Å². The van der Waals surface area contributed by atoms with Crippen LogP contribution in [0.15, 0.2) is 42.5 Å². The number of hydrogen-bond acceptors (Lipinski definition) is 1. The number of benzene rings is 1. The maximum absolute atomic E-state index is 5.51. The van der Waals surface area contributed by atoms with Gasteiger partial charge in [0.1, 0.15) is 0 Å². The summed E-state index contributed by atoms with van der Waals surface area (Å²) in [6, 6.07) is 10.9. The van der Waals surface area contributed by atoms with E-state index in [1.165, 1.54) is 5.56 Å². The quantitative estimate of drug-likeness (QED) is 0.772. The van der Waals surface area contributed by atoms with E-state index in [9.17, 15) is 0 Å². The standard InChI is InChI=1S/C17H23O/c1-3-12-17(4-2,15-8-6-5-7-9-15)16-10-13-18-14-11-16/h3,5-9,12,16H,1,4,10-11,13-14H2,2H3/b12-3-. The Labute approximate surface area is 111 Å². The van der Waals surface area contributed by atoms with Gasteiger partial charge in [0, 0.05) is 18.6 Å². The fourth-order valence-electron chi connectivity index (χ4n) is 3.25. The van der Waals surface area contributed by atoms with Crippen LogP contribution in [0.3, 0.4) is 0 Å². The second-order valence-corrected chi connectivity index (χ2v) is 5.05. The van der Waals surface area contributed by atoms with E-state index < -0.39 is 0 Å². The van der Waals surface area contributed by atoms with Gasteiger partial charge in [-0.3, -0.25) is 0 Å². The smallest absolute Gasteiger partial charge is 0.0469 e. The highest BCUT2D eigenvalue weighted by molar-refractivity contribution is 5.32. The molecule has 1 radical (unpaired) electrons. The summed E-state index contributed by atoms with van der Waals surface area (Å²) in [7, 11) is 0. The first kappa shape index (κ1) is 13.4. The van der Waals surface area contributed by atoms with Gasteiger partial charge >= 0.3 is 0 Å². The van der Waals surface area contributed by atoms with Gasteiger partial charge in [-0.15, -0.1) is 0 Å². The van der Waals surface area contributed by atoms with Crippen molar-refractivity contribution < 1.29 is 4.74 Å². The monoisotopic (exact) mass is 243 g/mol. The lowest BCUT2D eigenvalue weighted by atomic mass is 9.65. The molecule has 1 atom stereocenters. The number of ether oxygens (including phenoxy) is 1. The summed E-state index contributed by atoms with van der Waals surface area (Å²) >= 11 is 0. The molecule has 97 valence electrons. The zero-order valence-electron chi connectivity index (χ0n) is 11.3. The lowest BCUT2D eigenvalue weighted by Crippen LogP contribution is -2.36. The average Bonchev–Trinajstić information content (AvgIpc) is 2.47. The van der Waals surface area contributed by atoms with Crippen molar-refractivity contribution in [3.05, 3.63) is 55.0 Å². The highest BCUT2D eigenvalue weighted by Gasteiger charge is 2.37. The van der Waals surface area contributed by atoms with Crippen LogP contribution in [-0.2, 0) is 10.2 Å². The minimum Gasteiger partial charge on any atom is -0.381 e. The highest BCUT2D eigenvalue weighted by Crippen LogP contribution is 2.42. The topological polar surface area (TPSA) is 9.23 Å². The lowest BCUT2D eigenvalue weighted by Gasteiger charge is -2.40. The van der Waals surface area contributed by atoms with Gasteiger partial charge < -0.3 is 4.74 Å². The first-order chi connectivity index (χ1) is 8.83. The molecule has 1 nitrogen and oxygen atoms in total. The van der Waals surface area contributed by atoms with Gasteiger partial charge in [-0.25, -0.2) is 0 Å². The lowest BCUT2D eigenvalue weighted by molar-refractivity contribution is 0.0450. The zero-order chi connectivity index (χ0) is 12.8. The SMILES string of the molecule is [CH2]/C=C\C(CC)(c1ccccc1)C1CCOCC1. The van der Waals surface area contributed by atoms with E-state index >= 15 is 0 Å². The fourth-order valence-corrected chi connectivity index (χ4v) is 3.25. The van der Waals surface area contributed by atoms with Crippen molar-refractivity contribution in [2.75, 3.05) is 13.2 Å². The molecule has 1 fully saturated rings. The molecule has 0 amide bonds. The normalized spacial score (nSPS) is 21.0. The van der Waals surface area contributed by atoms with Gasteiger partial charge in [0.2, 0.25) is 0 Å². The van der Waals surface area contributed by atoms with Crippen LogP contribution in [0.2, 0.25) is 0 Å². The first-order valence-corrected chi connectivity index (χ1v) is 6.93. The van der Waals surface area contributed by atoms with Crippen LogP contribution < -0.4 is 0 Å². The molecule has 0 N–H and O–H groups in total. The number of rotatable bonds is 4. The summed E-state index contributed by atoms with van der Waals surface area (Å²) in [6.07, 6.45) is 7.68. The van der Waals surface area contributed by atoms with Crippen LogP contribution in [0, 0.1) is 12.8 Å². The molecule has 1 aromatic carbocycles. The Morgan fingerprint density at radius 1 is 1.28 bits per heavy atom. The summed E-state index contributed by atoms with van der Waals surface area (Å²) in [5.41, 5.74) is 1.55. The molecule has 1 heterocycles. The van der Waals surface area contributed by atoms with Crippen LogP contribution in [0.5, 0.6) is 0 Å². The van der Waals surface area contributed by atoms with Gasteiger partial charge in [0.25, 0.3) is 0 Å². The molecule has 1 aliphatic heterocycles. The minimum absolute atomic E-state index is 0.132. The second kappa shape index (κ2) is 6.19. The third-order valence-corrected chi connectivity index (χ3v) is 4.26. The Morgan fingerprint density at radius 3 is 2.50 bits per heavy atom. The Balaban J connectivity index is 2.38. The fraction of sp³-hybridized carbons (Fsp3) is 0.471. The van der Waals surface area contributed by atoms with Crippen LogP contribution >= 0.6 is 0 Å². The molecule has 1 saturated heterocycles. The highest BCUT2D eigenvalue weighted by atomic mass is 16.5. The molecular weight excluding hydrogens is 220 g/mol. The minimum atomic E-state index is 0.132. The van der Waals surface area contributed by atoms with Gasteiger partial charge in [-0.05, 0) is 37.7 Å². The van der Waals surface area contributed by atoms with Crippen LogP contribution in [0.1, 0.15) is 31.7 Å². The molecular formula is C17H23O. The Hall–Kier alpha value is -1.08. The number of allylic oxidation sites excluding steroid dienone is 2. The molecule has 0 aromatic heterocycles. The summed E-state index contributed by atoms with van der Waals surface area (Å²) < 4.78 is 5.51. The van der Waals surface area contributed by atoms with Gasteiger partial charge in [0.15, 0.2) is 0 Å². The van der Waals surface area contributed by atoms with E-state index in [4.69, 9.17) is 4.74 Å². The predicted octanol–water partition coefficient (Wildman–Crippen LogP) is 4.15. The van der Waals surface area contributed by atoms with Crippen molar-refractivity contribution >= 4 is 0 Å². The Bertz CT molecular complexity index is 376. The van der Waals surface area contributed by atoms with Gasteiger partial charge in [-0.1, -0.05) is 49.4 Å². The van der Waals surface area contributed by atoms with Crippen LogP contribution in [-0.4, -0.2) is 13.2 Å². The van der Waals surface area contributed by atoms with E-state index in [2.05, 4.69) is 50.3 Å². The maximum atomic E-state index is 5.51. The van der Waals surface area contributed by atoms with E-state index in [0.717, 1.165) is 32.5 Å². The molecule has 0 aliphatic carbocycles. The molecule has 18 heavy (non-hydrogen) atoms. The molecule has 1 heteroatoms. The van der Waals surface area contributed by atoms with E-state index in [-0.39, 0.29) is 5.41 Å². The second-order valence-electron chi connectivity index (χ2n) is 5.05. The average molecular weight is 243 g/mol. The third kappa shape index (κ3) is 2.51. The van der Waals surface area contributed by atoms with Crippen LogP contribution in [0.4, 0.5) is 0 Å². The summed E-state index contributed by atoms with van der Waals surface area (Å²) in [6.45, 7) is 7.99. The van der Waals surface area contributed by atoms with E-state index in [1.807, 2.05) is 6.08 Å². The molecule has 2 rings (SSSR count). The molecule has 0 bridgehead atoms. The predicted molar refractivity (Wildman–Crippen MR) is 76.5 cm³/mol. The van der Waals surface area contributed by atoms with Crippen molar-refractivity contribution in [3.63, 3.8) is 0 Å². The molecule has 0 saturated carbocycles. The third-order valence-electron chi connectivity index (χ3n) is 4.26. The van der Waals surface area contributed by atoms with Crippen molar-refractivity contribution in [1.82, 2.24) is 0 Å². The molecule has 1 aliphatic rings. The molecule has 0 spiro atoms. The number of hydrogen-bond donors (Lipinski definition) is 0. The Kier molecular flexibility index (Phi) is 4.60. The molecule has 1 aromatic rings. The summed E-state index contributed by atoms with van der Waals surface area (Å²) in [5.74, 6) is 0.664. The largest absolute Gasteiger partial charge is 0.381 e.